The van der Waals surface area contributed by atoms with Crippen LogP contribution in [0, 0.1) is 6.07 Å². The summed E-state index contributed by atoms with van der Waals surface area (Å²) in [5.41, 5.74) is 2.15. The van der Waals surface area contributed by atoms with Gasteiger partial charge in [-0.05, 0) is 44.4 Å². The van der Waals surface area contributed by atoms with Crippen molar-refractivity contribution in [3.63, 3.8) is 0 Å². The van der Waals surface area contributed by atoms with Crippen LogP contribution in [0.2, 0.25) is 0 Å². The van der Waals surface area contributed by atoms with Crippen LogP contribution in [-0.4, -0.2) is 18.1 Å². The zero-order valence-electron chi connectivity index (χ0n) is 9.62. The Kier molecular flexibility index (Phi) is 3.13. The van der Waals surface area contributed by atoms with Crippen molar-refractivity contribution in [2.45, 2.75) is 38.8 Å². The minimum Gasteiger partial charge on any atom is -0.461 e. The predicted octanol–water partition coefficient (Wildman–Crippen LogP) is 2.17. The first-order valence-corrected chi connectivity index (χ1v) is 5.63. The summed E-state index contributed by atoms with van der Waals surface area (Å²) in [6, 6.07) is 8.75. The maximum Gasteiger partial charge on any atom is 0.328 e. The van der Waals surface area contributed by atoms with Gasteiger partial charge in [-0.15, -0.1) is 0 Å². The largest absolute Gasteiger partial charge is 0.461 e. The van der Waals surface area contributed by atoms with Gasteiger partial charge in [-0.2, -0.15) is 0 Å². The summed E-state index contributed by atoms with van der Waals surface area (Å²) >= 11 is 0. The van der Waals surface area contributed by atoms with Crippen LogP contribution in [0.4, 0.5) is 5.69 Å². The third-order valence-corrected chi connectivity index (χ3v) is 2.59. The van der Waals surface area contributed by atoms with Gasteiger partial charge >= 0.3 is 5.97 Å². The topological polar surface area (TPSA) is 38.3 Å². The molecule has 1 N–H and O–H groups in total. The summed E-state index contributed by atoms with van der Waals surface area (Å²) in [5.74, 6) is -0.162. The molecule has 0 spiro atoms. The van der Waals surface area contributed by atoms with E-state index in [1.165, 1.54) is 0 Å². The molecule has 1 radical (unpaired) electrons. The first kappa shape index (κ1) is 11.0. The van der Waals surface area contributed by atoms with Gasteiger partial charge in [0.05, 0.1) is 6.10 Å². The van der Waals surface area contributed by atoms with Crippen LogP contribution in [0.15, 0.2) is 18.2 Å². The predicted molar refractivity (Wildman–Crippen MR) is 62.2 cm³/mol. The summed E-state index contributed by atoms with van der Waals surface area (Å²) in [7, 11) is 0. The summed E-state index contributed by atoms with van der Waals surface area (Å²) < 4.78 is 5.19. The Labute approximate surface area is 95.8 Å². The standard InChI is InChI=1S/C13H16NO2/c1-9(2)16-13(15)12-8-7-10-5-3-4-6-11(10)14-12/h3-4,6,9,12,14H,7-8H2,1-2H3. The molecule has 0 saturated carbocycles. The van der Waals surface area contributed by atoms with Crippen LogP contribution in [0.5, 0.6) is 0 Å². The second-order valence-corrected chi connectivity index (χ2v) is 4.28. The van der Waals surface area contributed by atoms with Crippen molar-refractivity contribution in [3.8, 4) is 0 Å². The van der Waals surface area contributed by atoms with Crippen LogP contribution in [0.1, 0.15) is 25.8 Å². The van der Waals surface area contributed by atoms with Crippen LogP contribution >= 0.6 is 0 Å². The Morgan fingerprint density at radius 2 is 2.44 bits per heavy atom. The molecule has 1 heterocycles. The van der Waals surface area contributed by atoms with E-state index in [2.05, 4.69) is 11.4 Å². The number of rotatable bonds is 2. The van der Waals surface area contributed by atoms with Gasteiger partial charge in [-0.25, -0.2) is 4.79 Å². The Hall–Kier alpha value is -1.51. The molecule has 16 heavy (non-hydrogen) atoms. The Balaban J connectivity index is 2.05. The molecule has 2 rings (SSSR count). The number of esters is 1. The van der Waals surface area contributed by atoms with E-state index < -0.39 is 0 Å². The van der Waals surface area contributed by atoms with Gasteiger partial charge in [0.15, 0.2) is 0 Å². The first-order valence-electron chi connectivity index (χ1n) is 5.63. The number of benzene rings is 1. The minimum atomic E-state index is -0.217. The summed E-state index contributed by atoms with van der Waals surface area (Å²) in [6.07, 6.45) is 1.60. The Morgan fingerprint density at radius 3 is 3.19 bits per heavy atom. The summed E-state index contributed by atoms with van der Waals surface area (Å²) in [5, 5.41) is 3.20. The van der Waals surface area contributed by atoms with Crippen molar-refractivity contribution in [2.24, 2.45) is 0 Å². The number of carbonyl (C=O) groups is 1. The zero-order chi connectivity index (χ0) is 11.5. The molecule has 1 aromatic carbocycles. The van der Waals surface area contributed by atoms with E-state index in [9.17, 15) is 4.79 Å². The maximum atomic E-state index is 11.7. The molecule has 1 aliphatic heterocycles. The fourth-order valence-corrected chi connectivity index (χ4v) is 1.85. The molecular formula is C13H16NO2. The summed E-state index contributed by atoms with van der Waals surface area (Å²) in [4.78, 5) is 11.7. The number of nitrogens with one attached hydrogen (secondary N) is 1. The van der Waals surface area contributed by atoms with Gasteiger partial charge in [0.1, 0.15) is 6.04 Å². The van der Waals surface area contributed by atoms with Gasteiger partial charge in [-0.1, -0.05) is 12.1 Å². The van der Waals surface area contributed by atoms with Crippen LogP contribution in [0.3, 0.4) is 0 Å². The number of hydrogen-bond acceptors (Lipinski definition) is 3. The molecule has 0 aromatic heterocycles. The normalized spacial score (nSPS) is 18.8. The highest BCUT2D eigenvalue weighted by Crippen LogP contribution is 2.24. The molecule has 0 fully saturated rings. The zero-order valence-corrected chi connectivity index (χ0v) is 9.62. The summed E-state index contributed by atoms with van der Waals surface area (Å²) in [6.45, 7) is 3.73. The number of carbonyl (C=O) groups excluding carboxylic acids is 1. The highest BCUT2D eigenvalue weighted by Gasteiger charge is 2.25. The third-order valence-electron chi connectivity index (χ3n) is 2.59. The molecule has 0 saturated heterocycles. The molecule has 85 valence electrons. The Morgan fingerprint density at radius 1 is 1.62 bits per heavy atom. The monoisotopic (exact) mass is 218 g/mol. The molecule has 1 aliphatic rings. The highest BCUT2D eigenvalue weighted by atomic mass is 16.5. The second-order valence-electron chi connectivity index (χ2n) is 4.28. The first-order chi connectivity index (χ1) is 7.66. The van der Waals surface area contributed by atoms with Crippen molar-refractivity contribution in [2.75, 3.05) is 5.32 Å². The molecule has 0 bridgehead atoms. The minimum absolute atomic E-state index is 0.0574. The van der Waals surface area contributed by atoms with Gasteiger partial charge in [0.2, 0.25) is 0 Å². The Bertz CT molecular complexity index is 387. The number of anilines is 1. The molecular weight excluding hydrogens is 202 g/mol. The van der Waals surface area contributed by atoms with Crippen molar-refractivity contribution in [1.82, 2.24) is 0 Å². The average Bonchev–Trinajstić information content (AvgIpc) is 2.27. The number of ether oxygens (including phenoxy) is 1. The van der Waals surface area contributed by atoms with Crippen molar-refractivity contribution < 1.29 is 9.53 Å². The maximum absolute atomic E-state index is 11.7. The number of hydrogen-bond donors (Lipinski definition) is 1. The average molecular weight is 218 g/mol. The van der Waals surface area contributed by atoms with Crippen LogP contribution in [-0.2, 0) is 16.0 Å². The van der Waals surface area contributed by atoms with E-state index in [1.54, 1.807) is 0 Å². The van der Waals surface area contributed by atoms with E-state index in [4.69, 9.17) is 4.74 Å². The molecule has 0 aliphatic carbocycles. The van der Waals surface area contributed by atoms with Gasteiger partial charge in [-0.3, -0.25) is 0 Å². The van der Waals surface area contributed by atoms with Gasteiger partial charge in [0, 0.05) is 5.69 Å². The van der Waals surface area contributed by atoms with E-state index in [-0.39, 0.29) is 18.1 Å². The molecule has 3 nitrogen and oxygen atoms in total. The second kappa shape index (κ2) is 4.56. The molecule has 0 amide bonds. The lowest BCUT2D eigenvalue weighted by atomic mass is 9.98. The van der Waals surface area contributed by atoms with Gasteiger partial charge < -0.3 is 10.1 Å². The van der Waals surface area contributed by atoms with E-state index in [0.717, 1.165) is 24.1 Å². The quantitative estimate of drug-likeness (QED) is 0.773. The van der Waals surface area contributed by atoms with Crippen molar-refractivity contribution in [3.05, 3.63) is 29.8 Å². The van der Waals surface area contributed by atoms with E-state index in [0.29, 0.717) is 0 Å². The third kappa shape index (κ3) is 2.35. The lowest BCUT2D eigenvalue weighted by Gasteiger charge is -2.25. The number of fused-ring (bicyclic) bond motifs is 1. The molecule has 1 atom stereocenters. The fraction of sp³-hybridized carbons (Fsp3) is 0.462. The van der Waals surface area contributed by atoms with E-state index >= 15 is 0 Å². The van der Waals surface area contributed by atoms with Crippen molar-refractivity contribution >= 4 is 11.7 Å². The lowest BCUT2D eigenvalue weighted by Crippen LogP contribution is -2.36. The SMILES string of the molecule is CC(C)OC(=O)C1CCc2[c]cccc2N1. The number of aryl methyl sites for hydroxylation is 1. The van der Waals surface area contributed by atoms with Crippen LogP contribution in [0.25, 0.3) is 0 Å². The lowest BCUT2D eigenvalue weighted by molar-refractivity contribution is -0.148. The smallest absolute Gasteiger partial charge is 0.328 e. The molecule has 1 unspecified atom stereocenters. The van der Waals surface area contributed by atoms with Crippen molar-refractivity contribution in [1.29, 1.82) is 0 Å². The van der Waals surface area contributed by atoms with Gasteiger partial charge in [0.25, 0.3) is 0 Å². The molecule has 1 aromatic rings. The van der Waals surface area contributed by atoms with Crippen LogP contribution < -0.4 is 5.32 Å². The van der Waals surface area contributed by atoms with E-state index in [1.807, 2.05) is 32.0 Å². The fourth-order valence-electron chi connectivity index (χ4n) is 1.85. The highest BCUT2D eigenvalue weighted by molar-refractivity contribution is 5.80. The molecule has 3 heteroatoms.